The van der Waals surface area contributed by atoms with Gasteiger partial charge in [0.05, 0.1) is 6.20 Å². The molecular weight excluding hydrogens is 298 g/mol. The molecule has 0 saturated heterocycles. The van der Waals surface area contributed by atoms with Gasteiger partial charge in [-0.05, 0) is 18.2 Å². The Morgan fingerprint density at radius 3 is 2.78 bits per heavy atom. The molecule has 0 atom stereocenters. The van der Waals surface area contributed by atoms with Crippen LogP contribution in [0.2, 0.25) is 0 Å². The van der Waals surface area contributed by atoms with Crippen molar-refractivity contribution in [2.75, 3.05) is 18.4 Å². The van der Waals surface area contributed by atoms with Crippen molar-refractivity contribution in [1.82, 2.24) is 40.3 Å². The number of hydrogen-bond donors (Lipinski definition) is 2. The van der Waals surface area contributed by atoms with Crippen LogP contribution in [0.1, 0.15) is 10.5 Å². The van der Waals surface area contributed by atoms with Gasteiger partial charge in [-0.1, -0.05) is 5.21 Å². The molecule has 10 heteroatoms. The number of carbonyl (C=O) groups excluding carboxylic acids is 1. The van der Waals surface area contributed by atoms with E-state index in [9.17, 15) is 4.79 Å². The molecule has 0 spiro atoms. The number of amides is 1. The van der Waals surface area contributed by atoms with Crippen LogP contribution in [0.25, 0.3) is 5.82 Å². The van der Waals surface area contributed by atoms with E-state index < -0.39 is 0 Å². The van der Waals surface area contributed by atoms with Gasteiger partial charge in [0.2, 0.25) is 0 Å². The number of rotatable bonds is 6. The molecule has 1 amide bonds. The highest BCUT2D eigenvalue weighted by atomic mass is 16.2. The van der Waals surface area contributed by atoms with Crippen LogP contribution < -0.4 is 10.6 Å². The van der Waals surface area contributed by atoms with Gasteiger partial charge in [0.25, 0.3) is 5.91 Å². The van der Waals surface area contributed by atoms with E-state index in [2.05, 4.69) is 36.2 Å². The molecule has 0 radical (unpaired) electrons. The minimum absolute atomic E-state index is 0.264. The van der Waals surface area contributed by atoms with Crippen molar-refractivity contribution in [3.63, 3.8) is 0 Å². The lowest BCUT2D eigenvalue weighted by Gasteiger charge is -2.06. The Bertz CT molecular complexity index is 763. The summed E-state index contributed by atoms with van der Waals surface area (Å²) >= 11 is 0. The second-order valence-corrected chi connectivity index (χ2v) is 4.69. The smallest absolute Gasteiger partial charge is 0.273 e. The average Bonchev–Trinajstić information content (AvgIpc) is 3.23. The summed E-state index contributed by atoms with van der Waals surface area (Å²) in [7, 11) is 1.71. The van der Waals surface area contributed by atoms with Crippen LogP contribution >= 0.6 is 0 Å². The number of aryl methyl sites for hydroxylation is 1. The lowest BCUT2D eigenvalue weighted by Crippen LogP contribution is -2.29. The third-order valence-electron chi connectivity index (χ3n) is 2.94. The van der Waals surface area contributed by atoms with Gasteiger partial charge in [0, 0.05) is 32.5 Å². The van der Waals surface area contributed by atoms with Crippen LogP contribution in [0.15, 0.2) is 36.8 Å². The van der Waals surface area contributed by atoms with E-state index in [1.54, 1.807) is 42.5 Å². The average molecular weight is 313 g/mol. The zero-order chi connectivity index (χ0) is 16.1. The maximum Gasteiger partial charge on any atom is 0.273 e. The van der Waals surface area contributed by atoms with E-state index >= 15 is 0 Å². The number of anilines is 1. The van der Waals surface area contributed by atoms with Crippen molar-refractivity contribution in [2.45, 2.75) is 0 Å². The Hall–Kier alpha value is -3.30. The zero-order valence-electron chi connectivity index (χ0n) is 12.4. The first kappa shape index (κ1) is 14.6. The molecule has 0 bridgehead atoms. The molecule has 3 aromatic heterocycles. The molecule has 23 heavy (non-hydrogen) atoms. The molecule has 0 aliphatic rings. The number of aromatic nitrogens is 7. The molecule has 0 saturated carbocycles. The summed E-state index contributed by atoms with van der Waals surface area (Å²) < 4.78 is 3.10. The van der Waals surface area contributed by atoms with E-state index in [4.69, 9.17) is 0 Å². The monoisotopic (exact) mass is 313 g/mol. The SMILES string of the molecule is Cn1cc(C(=O)NCCNc2ccc(-n3cccn3)nn2)nn1. The maximum absolute atomic E-state index is 11.8. The number of carbonyl (C=O) groups is 1. The molecule has 0 aromatic carbocycles. The molecule has 0 aliphatic carbocycles. The highest BCUT2D eigenvalue weighted by Crippen LogP contribution is 2.04. The van der Waals surface area contributed by atoms with Gasteiger partial charge in [-0.3, -0.25) is 9.48 Å². The molecular formula is C13H15N9O. The van der Waals surface area contributed by atoms with Gasteiger partial charge in [-0.25, -0.2) is 4.68 Å². The normalized spacial score (nSPS) is 10.5. The van der Waals surface area contributed by atoms with Gasteiger partial charge in [-0.2, -0.15) is 5.10 Å². The topological polar surface area (TPSA) is 115 Å². The first-order chi connectivity index (χ1) is 11.2. The fourth-order valence-electron chi connectivity index (χ4n) is 1.85. The Morgan fingerprint density at radius 1 is 1.22 bits per heavy atom. The highest BCUT2D eigenvalue weighted by molar-refractivity contribution is 5.91. The van der Waals surface area contributed by atoms with Crippen molar-refractivity contribution < 1.29 is 4.79 Å². The number of nitrogens with zero attached hydrogens (tertiary/aromatic N) is 7. The summed E-state index contributed by atoms with van der Waals surface area (Å²) in [6, 6.07) is 5.42. The number of hydrogen-bond acceptors (Lipinski definition) is 7. The molecule has 3 heterocycles. The Kier molecular flexibility index (Phi) is 4.22. The van der Waals surface area contributed by atoms with Crippen molar-refractivity contribution >= 4 is 11.7 Å². The van der Waals surface area contributed by atoms with Crippen LogP contribution in [0.3, 0.4) is 0 Å². The molecule has 2 N–H and O–H groups in total. The van der Waals surface area contributed by atoms with Crippen molar-refractivity contribution in [3.8, 4) is 5.82 Å². The molecule has 118 valence electrons. The summed E-state index contributed by atoms with van der Waals surface area (Å²) in [6.45, 7) is 0.944. The highest BCUT2D eigenvalue weighted by Gasteiger charge is 2.08. The molecule has 0 unspecified atom stereocenters. The molecule has 0 fully saturated rings. The minimum atomic E-state index is -0.264. The fraction of sp³-hybridized carbons (Fsp3) is 0.231. The summed E-state index contributed by atoms with van der Waals surface area (Å²) in [5.74, 6) is 0.992. The molecule has 10 nitrogen and oxygen atoms in total. The summed E-state index contributed by atoms with van der Waals surface area (Å²) in [5, 5.41) is 25.4. The lowest BCUT2D eigenvalue weighted by atomic mass is 10.4. The predicted molar refractivity (Wildman–Crippen MR) is 81.0 cm³/mol. The fourth-order valence-corrected chi connectivity index (χ4v) is 1.85. The van der Waals surface area contributed by atoms with Gasteiger partial charge >= 0.3 is 0 Å². The quantitative estimate of drug-likeness (QED) is 0.597. The van der Waals surface area contributed by atoms with Crippen LogP contribution in [0.4, 0.5) is 5.82 Å². The van der Waals surface area contributed by atoms with Crippen molar-refractivity contribution in [3.05, 3.63) is 42.5 Å². The third-order valence-corrected chi connectivity index (χ3v) is 2.94. The van der Waals surface area contributed by atoms with E-state index in [1.165, 1.54) is 4.68 Å². The standard InChI is InChI=1S/C13H15N9O/c1-21-9-10(17-20-21)13(23)15-7-6-14-11-3-4-12(19-18-11)22-8-2-5-16-22/h2-5,8-9H,6-7H2,1H3,(H,14,18)(H,15,23). The second kappa shape index (κ2) is 6.64. The second-order valence-electron chi connectivity index (χ2n) is 4.69. The van der Waals surface area contributed by atoms with Gasteiger partial charge in [-0.15, -0.1) is 15.3 Å². The first-order valence-electron chi connectivity index (χ1n) is 6.94. The van der Waals surface area contributed by atoms with Crippen LogP contribution in [-0.2, 0) is 7.05 Å². The molecule has 0 aliphatic heterocycles. The summed E-state index contributed by atoms with van der Waals surface area (Å²) in [5.41, 5.74) is 0.288. The summed E-state index contributed by atoms with van der Waals surface area (Å²) in [4.78, 5) is 11.8. The van der Waals surface area contributed by atoms with Crippen LogP contribution in [0.5, 0.6) is 0 Å². The summed E-state index contributed by atoms with van der Waals surface area (Å²) in [6.07, 6.45) is 5.02. The number of nitrogens with one attached hydrogen (secondary N) is 2. The zero-order valence-corrected chi connectivity index (χ0v) is 12.4. The van der Waals surface area contributed by atoms with Crippen LogP contribution in [0, 0.1) is 0 Å². The predicted octanol–water partition coefficient (Wildman–Crippen LogP) is -0.367. The minimum Gasteiger partial charge on any atom is -0.367 e. The van der Waals surface area contributed by atoms with E-state index in [0.717, 1.165) is 0 Å². The first-order valence-corrected chi connectivity index (χ1v) is 6.94. The lowest BCUT2D eigenvalue weighted by molar-refractivity contribution is 0.0950. The Labute approximate surface area is 131 Å². The Balaban J connectivity index is 1.45. The van der Waals surface area contributed by atoms with Crippen molar-refractivity contribution in [1.29, 1.82) is 0 Å². The van der Waals surface area contributed by atoms with Crippen molar-refractivity contribution in [2.24, 2.45) is 7.05 Å². The van der Waals surface area contributed by atoms with E-state index in [1.807, 2.05) is 6.07 Å². The van der Waals surface area contributed by atoms with E-state index in [0.29, 0.717) is 24.7 Å². The van der Waals surface area contributed by atoms with Crippen LogP contribution in [-0.4, -0.2) is 54.0 Å². The van der Waals surface area contributed by atoms with E-state index in [-0.39, 0.29) is 11.6 Å². The van der Waals surface area contributed by atoms with Gasteiger partial charge in [0.1, 0.15) is 5.82 Å². The maximum atomic E-state index is 11.8. The largest absolute Gasteiger partial charge is 0.367 e. The van der Waals surface area contributed by atoms with Gasteiger partial charge in [0.15, 0.2) is 11.5 Å². The third kappa shape index (κ3) is 3.67. The Morgan fingerprint density at radius 2 is 2.13 bits per heavy atom. The van der Waals surface area contributed by atoms with Gasteiger partial charge < -0.3 is 10.6 Å². The molecule has 3 rings (SSSR count). The molecule has 3 aromatic rings.